The molecule has 0 bridgehead atoms. The maximum atomic E-state index is 12.9. The minimum absolute atomic E-state index is 0.0958. The Kier molecular flexibility index (Phi) is 5.00. The van der Waals surface area contributed by atoms with E-state index in [0.717, 1.165) is 16.0 Å². The fourth-order valence-electron chi connectivity index (χ4n) is 3.03. The number of likely N-dealkylation sites (N-methyl/N-ethyl adjacent to an activating group) is 1. The van der Waals surface area contributed by atoms with E-state index in [1.54, 1.807) is 6.07 Å². The highest BCUT2D eigenvalue weighted by molar-refractivity contribution is 6.35. The van der Waals surface area contributed by atoms with Gasteiger partial charge in [-0.1, -0.05) is 12.1 Å². The summed E-state index contributed by atoms with van der Waals surface area (Å²) in [4.78, 5) is 50.7. The van der Waals surface area contributed by atoms with Crippen molar-refractivity contribution < 1.29 is 23.9 Å². The maximum Gasteiger partial charge on any atom is 0.338 e. The zero-order valence-corrected chi connectivity index (χ0v) is 16.0. The molecule has 0 saturated heterocycles. The van der Waals surface area contributed by atoms with Crippen LogP contribution in [0.5, 0.6) is 0 Å². The van der Waals surface area contributed by atoms with Crippen molar-refractivity contribution in [1.82, 2.24) is 5.32 Å². The SMILES string of the molecule is CNC(=O)[C@@H](C)OC(=O)c1ccc2c(c1)C(=O)N(c1cc(C)ccc1C)C2=O. The average Bonchev–Trinajstić information content (AvgIpc) is 2.93. The van der Waals surface area contributed by atoms with Crippen molar-refractivity contribution in [2.75, 3.05) is 11.9 Å². The van der Waals surface area contributed by atoms with Crippen LogP contribution in [0.1, 0.15) is 49.1 Å². The fraction of sp³-hybridized carbons (Fsp3) is 0.238. The first-order chi connectivity index (χ1) is 13.2. The number of amides is 3. The van der Waals surface area contributed by atoms with Crippen LogP contribution in [0, 0.1) is 13.8 Å². The van der Waals surface area contributed by atoms with E-state index in [9.17, 15) is 19.2 Å². The van der Waals surface area contributed by atoms with E-state index in [2.05, 4.69) is 5.32 Å². The van der Waals surface area contributed by atoms with Gasteiger partial charge in [-0.25, -0.2) is 9.69 Å². The van der Waals surface area contributed by atoms with Gasteiger partial charge >= 0.3 is 5.97 Å². The molecule has 2 aromatic carbocycles. The highest BCUT2D eigenvalue weighted by atomic mass is 16.5. The molecular weight excluding hydrogens is 360 g/mol. The largest absolute Gasteiger partial charge is 0.449 e. The number of nitrogens with zero attached hydrogens (tertiary/aromatic N) is 1. The summed E-state index contributed by atoms with van der Waals surface area (Å²) in [5.41, 5.74) is 2.68. The maximum absolute atomic E-state index is 12.9. The van der Waals surface area contributed by atoms with Crippen molar-refractivity contribution in [2.45, 2.75) is 26.9 Å². The second-order valence-corrected chi connectivity index (χ2v) is 6.66. The van der Waals surface area contributed by atoms with Gasteiger partial charge in [-0.2, -0.15) is 0 Å². The Morgan fingerprint density at radius 1 is 1.00 bits per heavy atom. The number of fused-ring (bicyclic) bond motifs is 1. The first-order valence-electron chi connectivity index (χ1n) is 8.77. The van der Waals surface area contributed by atoms with E-state index in [1.807, 2.05) is 26.0 Å². The average molecular weight is 380 g/mol. The van der Waals surface area contributed by atoms with E-state index >= 15 is 0 Å². The Labute approximate surface area is 162 Å². The molecule has 0 fully saturated rings. The van der Waals surface area contributed by atoms with Crippen molar-refractivity contribution in [3.8, 4) is 0 Å². The molecule has 0 spiro atoms. The molecule has 0 saturated carbocycles. The van der Waals surface area contributed by atoms with Crippen LogP contribution in [-0.4, -0.2) is 36.8 Å². The molecule has 1 N–H and O–H groups in total. The van der Waals surface area contributed by atoms with Gasteiger partial charge in [0.1, 0.15) is 0 Å². The normalized spacial score (nSPS) is 13.9. The summed E-state index contributed by atoms with van der Waals surface area (Å²) in [5.74, 6) is -2.12. The van der Waals surface area contributed by atoms with Gasteiger partial charge in [0.05, 0.1) is 22.4 Å². The van der Waals surface area contributed by atoms with Crippen LogP contribution in [0.25, 0.3) is 0 Å². The van der Waals surface area contributed by atoms with Crippen LogP contribution in [0.4, 0.5) is 5.69 Å². The van der Waals surface area contributed by atoms with Gasteiger partial charge in [0, 0.05) is 7.05 Å². The quantitative estimate of drug-likeness (QED) is 0.649. The van der Waals surface area contributed by atoms with E-state index in [-0.39, 0.29) is 16.7 Å². The van der Waals surface area contributed by atoms with Crippen molar-refractivity contribution in [3.63, 3.8) is 0 Å². The van der Waals surface area contributed by atoms with Gasteiger partial charge in [0.15, 0.2) is 6.10 Å². The number of hydrogen-bond acceptors (Lipinski definition) is 5. The molecule has 0 unspecified atom stereocenters. The lowest BCUT2D eigenvalue weighted by atomic mass is 10.1. The second-order valence-electron chi connectivity index (χ2n) is 6.66. The van der Waals surface area contributed by atoms with Crippen molar-refractivity contribution >= 4 is 29.4 Å². The number of imide groups is 1. The number of anilines is 1. The number of carbonyl (C=O) groups excluding carboxylic acids is 4. The molecule has 0 aliphatic carbocycles. The lowest BCUT2D eigenvalue weighted by Gasteiger charge is -2.17. The Balaban J connectivity index is 1.93. The highest BCUT2D eigenvalue weighted by Gasteiger charge is 2.38. The molecule has 0 radical (unpaired) electrons. The molecule has 1 aliphatic rings. The summed E-state index contributed by atoms with van der Waals surface area (Å²) in [6, 6.07) is 9.70. The second kappa shape index (κ2) is 7.26. The predicted octanol–water partition coefficient (Wildman–Crippen LogP) is 2.40. The fourth-order valence-corrected chi connectivity index (χ4v) is 3.03. The number of carbonyl (C=O) groups is 4. The Hall–Kier alpha value is -3.48. The van der Waals surface area contributed by atoms with Crippen LogP contribution in [0.15, 0.2) is 36.4 Å². The number of ether oxygens (including phenoxy) is 1. The monoisotopic (exact) mass is 380 g/mol. The topological polar surface area (TPSA) is 92.8 Å². The van der Waals surface area contributed by atoms with Crippen LogP contribution >= 0.6 is 0 Å². The van der Waals surface area contributed by atoms with E-state index in [0.29, 0.717) is 5.69 Å². The Morgan fingerprint density at radius 2 is 1.68 bits per heavy atom. The minimum Gasteiger partial charge on any atom is -0.449 e. The number of esters is 1. The lowest BCUT2D eigenvalue weighted by molar-refractivity contribution is -0.128. The summed E-state index contributed by atoms with van der Waals surface area (Å²) in [6.07, 6.45) is -0.977. The third kappa shape index (κ3) is 3.26. The highest BCUT2D eigenvalue weighted by Crippen LogP contribution is 2.31. The molecule has 7 nitrogen and oxygen atoms in total. The van der Waals surface area contributed by atoms with Crippen molar-refractivity contribution in [3.05, 3.63) is 64.2 Å². The van der Waals surface area contributed by atoms with E-state index < -0.39 is 29.8 Å². The third-order valence-corrected chi connectivity index (χ3v) is 4.63. The Morgan fingerprint density at radius 3 is 2.36 bits per heavy atom. The molecule has 7 heteroatoms. The van der Waals surface area contributed by atoms with Gasteiger partial charge in [-0.15, -0.1) is 0 Å². The first-order valence-corrected chi connectivity index (χ1v) is 8.77. The number of aryl methyl sites for hydroxylation is 2. The molecule has 1 heterocycles. The minimum atomic E-state index is -0.977. The van der Waals surface area contributed by atoms with Crippen LogP contribution < -0.4 is 10.2 Å². The molecule has 3 rings (SSSR count). The summed E-state index contributed by atoms with van der Waals surface area (Å²) in [5, 5.41) is 2.39. The zero-order chi connectivity index (χ0) is 20.6. The van der Waals surface area contributed by atoms with Crippen molar-refractivity contribution in [2.24, 2.45) is 0 Å². The smallest absolute Gasteiger partial charge is 0.338 e. The molecule has 2 aromatic rings. The van der Waals surface area contributed by atoms with Gasteiger partial charge in [0.2, 0.25) is 0 Å². The van der Waals surface area contributed by atoms with Gasteiger partial charge < -0.3 is 10.1 Å². The lowest BCUT2D eigenvalue weighted by Crippen LogP contribution is -2.33. The standard InChI is InChI=1S/C21H20N2O5/c1-11-5-6-12(2)17(9-11)23-19(25)15-8-7-14(10-16(15)20(23)26)21(27)28-13(3)18(24)22-4/h5-10,13H,1-4H3,(H,22,24)/t13-/m1/s1. The van der Waals surface area contributed by atoms with Crippen molar-refractivity contribution in [1.29, 1.82) is 0 Å². The zero-order valence-electron chi connectivity index (χ0n) is 16.0. The Bertz CT molecular complexity index is 1010. The predicted molar refractivity (Wildman–Crippen MR) is 102 cm³/mol. The third-order valence-electron chi connectivity index (χ3n) is 4.63. The molecule has 1 atom stereocenters. The molecule has 3 amide bonds. The van der Waals surface area contributed by atoms with Crippen LogP contribution in [0.3, 0.4) is 0 Å². The van der Waals surface area contributed by atoms with Crippen LogP contribution in [-0.2, 0) is 9.53 Å². The summed E-state index contributed by atoms with van der Waals surface area (Å²) in [7, 11) is 1.44. The van der Waals surface area contributed by atoms with Gasteiger partial charge in [-0.3, -0.25) is 14.4 Å². The number of nitrogens with one attached hydrogen (secondary N) is 1. The summed E-state index contributed by atoms with van der Waals surface area (Å²) >= 11 is 0. The van der Waals surface area contributed by atoms with Gasteiger partial charge in [0.25, 0.3) is 17.7 Å². The summed E-state index contributed by atoms with van der Waals surface area (Å²) in [6.45, 7) is 5.14. The molecular formula is C21H20N2O5. The summed E-state index contributed by atoms with van der Waals surface area (Å²) < 4.78 is 5.10. The molecule has 144 valence electrons. The van der Waals surface area contributed by atoms with Crippen LogP contribution in [0.2, 0.25) is 0 Å². The van der Waals surface area contributed by atoms with E-state index in [1.165, 1.54) is 32.2 Å². The number of benzene rings is 2. The first kappa shape index (κ1) is 19.3. The van der Waals surface area contributed by atoms with Gasteiger partial charge in [-0.05, 0) is 56.2 Å². The molecule has 0 aromatic heterocycles. The molecule has 28 heavy (non-hydrogen) atoms. The number of hydrogen-bond donors (Lipinski definition) is 1. The molecule has 1 aliphatic heterocycles. The number of rotatable bonds is 4. The van der Waals surface area contributed by atoms with E-state index in [4.69, 9.17) is 4.74 Å².